The van der Waals surface area contributed by atoms with Gasteiger partial charge in [-0.05, 0) is 50.9 Å². The first-order chi connectivity index (χ1) is 8.83. The van der Waals surface area contributed by atoms with Crippen LogP contribution in [0, 0.1) is 0 Å². The number of pyridine rings is 1. The van der Waals surface area contributed by atoms with E-state index in [2.05, 4.69) is 21.3 Å². The van der Waals surface area contributed by atoms with Crippen LogP contribution in [-0.2, 0) is 6.54 Å². The molecule has 1 aromatic rings. The summed E-state index contributed by atoms with van der Waals surface area (Å²) in [5.41, 5.74) is 1.09. The monoisotopic (exact) mass is 265 g/mol. The van der Waals surface area contributed by atoms with Gasteiger partial charge >= 0.3 is 0 Å². The molecule has 2 fully saturated rings. The molecule has 2 unspecified atom stereocenters. The van der Waals surface area contributed by atoms with Gasteiger partial charge in [0.05, 0.1) is 5.69 Å². The van der Waals surface area contributed by atoms with Crippen LogP contribution < -0.4 is 5.32 Å². The number of nitrogens with one attached hydrogen (secondary N) is 1. The molecule has 2 aliphatic heterocycles. The molecule has 4 heteroatoms. The number of aromatic nitrogens is 1. The van der Waals surface area contributed by atoms with Crippen LogP contribution in [0.2, 0.25) is 5.15 Å². The number of nitrogens with zero attached hydrogens (tertiary/aromatic N) is 2. The maximum atomic E-state index is 5.95. The minimum Gasteiger partial charge on any atom is -0.312 e. The Kier molecular flexibility index (Phi) is 3.83. The van der Waals surface area contributed by atoms with E-state index in [1.165, 1.54) is 38.8 Å². The van der Waals surface area contributed by atoms with Crippen molar-refractivity contribution < 1.29 is 0 Å². The van der Waals surface area contributed by atoms with Crippen LogP contribution in [0.25, 0.3) is 0 Å². The van der Waals surface area contributed by atoms with Crippen molar-refractivity contribution in [1.82, 2.24) is 15.2 Å². The molecule has 98 valence electrons. The van der Waals surface area contributed by atoms with E-state index in [4.69, 9.17) is 11.6 Å². The smallest absolute Gasteiger partial charge is 0.129 e. The van der Waals surface area contributed by atoms with Crippen molar-refractivity contribution in [3.05, 3.63) is 29.0 Å². The highest BCUT2D eigenvalue weighted by atomic mass is 35.5. The summed E-state index contributed by atoms with van der Waals surface area (Å²) in [6.07, 6.45) is 5.27. The van der Waals surface area contributed by atoms with Gasteiger partial charge < -0.3 is 5.32 Å². The van der Waals surface area contributed by atoms with E-state index in [1.54, 1.807) is 0 Å². The molecule has 1 aromatic heterocycles. The normalized spacial score (nSPS) is 28.9. The van der Waals surface area contributed by atoms with Gasteiger partial charge in [0.2, 0.25) is 0 Å². The van der Waals surface area contributed by atoms with E-state index >= 15 is 0 Å². The van der Waals surface area contributed by atoms with Crippen molar-refractivity contribution in [3.8, 4) is 0 Å². The minimum atomic E-state index is 0.599. The first-order valence-electron chi connectivity index (χ1n) is 6.92. The van der Waals surface area contributed by atoms with E-state index < -0.39 is 0 Å². The van der Waals surface area contributed by atoms with Crippen LogP contribution in [0.5, 0.6) is 0 Å². The fraction of sp³-hybridized carbons (Fsp3) is 0.643. The number of hydrogen-bond donors (Lipinski definition) is 1. The lowest BCUT2D eigenvalue weighted by Gasteiger charge is -2.29. The van der Waals surface area contributed by atoms with Gasteiger partial charge in [0.25, 0.3) is 0 Å². The Bertz CT molecular complexity index is 404. The predicted octanol–water partition coefficient (Wildman–Crippen LogP) is 2.45. The Balaban J connectivity index is 1.67. The van der Waals surface area contributed by atoms with E-state index in [0.717, 1.165) is 12.2 Å². The molecule has 18 heavy (non-hydrogen) atoms. The van der Waals surface area contributed by atoms with Crippen molar-refractivity contribution >= 4 is 11.6 Å². The number of hydrogen-bond acceptors (Lipinski definition) is 3. The van der Waals surface area contributed by atoms with Gasteiger partial charge in [0.1, 0.15) is 5.15 Å². The molecule has 3 heterocycles. The van der Waals surface area contributed by atoms with Gasteiger partial charge in [-0.25, -0.2) is 4.98 Å². The van der Waals surface area contributed by atoms with Gasteiger partial charge in [0, 0.05) is 18.6 Å². The quantitative estimate of drug-likeness (QED) is 0.851. The molecule has 0 bridgehead atoms. The highest BCUT2D eigenvalue weighted by molar-refractivity contribution is 6.29. The second-order valence-corrected chi connectivity index (χ2v) is 5.72. The van der Waals surface area contributed by atoms with Crippen LogP contribution >= 0.6 is 11.6 Å². The Morgan fingerprint density at radius 1 is 1.33 bits per heavy atom. The topological polar surface area (TPSA) is 28.2 Å². The summed E-state index contributed by atoms with van der Waals surface area (Å²) in [7, 11) is 0. The molecule has 0 saturated carbocycles. The standard InChI is InChI=1S/C14H20ClN3/c15-14-7-1-4-11(17-14)10-18-9-3-6-13(18)12-5-2-8-16-12/h1,4,7,12-13,16H,2-3,5-6,8-10H2. The Morgan fingerprint density at radius 3 is 3.06 bits per heavy atom. The van der Waals surface area contributed by atoms with Crippen molar-refractivity contribution in [2.75, 3.05) is 13.1 Å². The molecular weight excluding hydrogens is 246 g/mol. The Morgan fingerprint density at radius 2 is 2.28 bits per heavy atom. The second-order valence-electron chi connectivity index (χ2n) is 5.33. The van der Waals surface area contributed by atoms with Gasteiger partial charge in [-0.3, -0.25) is 4.90 Å². The average Bonchev–Trinajstić information content (AvgIpc) is 2.98. The number of halogens is 1. The first kappa shape index (κ1) is 12.4. The van der Waals surface area contributed by atoms with E-state index in [0.29, 0.717) is 17.2 Å². The molecule has 3 nitrogen and oxygen atoms in total. The second kappa shape index (κ2) is 5.55. The third-order valence-electron chi connectivity index (χ3n) is 4.11. The van der Waals surface area contributed by atoms with Crippen molar-refractivity contribution in [3.63, 3.8) is 0 Å². The largest absolute Gasteiger partial charge is 0.312 e. The van der Waals surface area contributed by atoms with Crippen molar-refractivity contribution in [2.24, 2.45) is 0 Å². The van der Waals surface area contributed by atoms with Crippen LogP contribution in [0.3, 0.4) is 0 Å². The molecule has 2 aliphatic rings. The number of rotatable bonds is 3. The SMILES string of the molecule is Clc1cccc(CN2CCCC2C2CCCN2)n1. The minimum absolute atomic E-state index is 0.599. The summed E-state index contributed by atoms with van der Waals surface area (Å²) in [5.74, 6) is 0. The Labute approximate surface area is 114 Å². The molecule has 0 aliphatic carbocycles. The lowest BCUT2D eigenvalue weighted by Crippen LogP contribution is -2.43. The van der Waals surface area contributed by atoms with Crippen LogP contribution in [0.15, 0.2) is 18.2 Å². The third kappa shape index (κ3) is 2.68. The summed E-state index contributed by atoms with van der Waals surface area (Å²) < 4.78 is 0. The van der Waals surface area contributed by atoms with Gasteiger partial charge in [-0.1, -0.05) is 17.7 Å². The van der Waals surface area contributed by atoms with Crippen LogP contribution in [0.1, 0.15) is 31.4 Å². The molecule has 0 spiro atoms. The fourth-order valence-corrected chi connectivity index (χ4v) is 3.47. The van der Waals surface area contributed by atoms with Crippen molar-refractivity contribution in [2.45, 2.75) is 44.3 Å². The van der Waals surface area contributed by atoms with Crippen LogP contribution in [-0.4, -0.2) is 35.1 Å². The molecule has 2 atom stereocenters. The molecule has 0 radical (unpaired) electrons. The maximum absolute atomic E-state index is 5.95. The van der Waals surface area contributed by atoms with E-state index in [9.17, 15) is 0 Å². The maximum Gasteiger partial charge on any atom is 0.129 e. The highest BCUT2D eigenvalue weighted by Crippen LogP contribution is 2.26. The predicted molar refractivity (Wildman–Crippen MR) is 73.7 cm³/mol. The first-order valence-corrected chi connectivity index (χ1v) is 7.29. The lowest BCUT2D eigenvalue weighted by molar-refractivity contribution is 0.204. The molecule has 0 aromatic carbocycles. The lowest BCUT2D eigenvalue weighted by atomic mass is 10.0. The molecule has 3 rings (SSSR count). The van der Waals surface area contributed by atoms with Gasteiger partial charge in [-0.2, -0.15) is 0 Å². The third-order valence-corrected chi connectivity index (χ3v) is 4.33. The summed E-state index contributed by atoms with van der Waals surface area (Å²) in [6.45, 7) is 3.31. The number of likely N-dealkylation sites (tertiary alicyclic amines) is 1. The zero-order valence-electron chi connectivity index (χ0n) is 10.6. The zero-order chi connectivity index (χ0) is 12.4. The Hall–Kier alpha value is -0.640. The summed E-state index contributed by atoms with van der Waals surface area (Å²) in [5, 5.41) is 4.24. The molecule has 1 N–H and O–H groups in total. The van der Waals surface area contributed by atoms with E-state index in [-0.39, 0.29) is 0 Å². The van der Waals surface area contributed by atoms with E-state index in [1.807, 2.05) is 12.1 Å². The van der Waals surface area contributed by atoms with Gasteiger partial charge in [0.15, 0.2) is 0 Å². The fourth-order valence-electron chi connectivity index (χ4n) is 3.29. The highest BCUT2D eigenvalue weighted by Gasteiger charge is 2.33. The summed E-state index contributed by atoms with van der Waals surface area (Å²) in [4.78, 5) is 6.97. The van der Waals surface area contributed by atoms with Crippen LogP contribution in [0.4, 0.5) is 0 Å². The summed E-state index contributed by atoms with van der Waals surface area (Å²) in [6, 6.07) is 7.28. The zero-order valence-corrected chi connectivity index (χ0v) is 11.4. The molecular formula is C14H20ClN3. The van der Waals surface area contributed by atoms with Crippen molar-refractivity contribution in [1.29, 1.82) is 0 Å². The summed E-state index contributed by atoms with van der Waals surface area (Å²) >= 11 is 5.95. The molecule has 0 amide bonds. The molecule has 2 saturated heterocycles. The average molecular weight is 266 g/mol. The van der Waals surface area contributed by atoms with Gasteiger partial charge in [-0.15, -0.1) is 0 Å².